The zero-order valence-corrected chi connectivity index (χ0v) is 24.9. The quantitative estimate of drug-likeness (QED) is 0.235. The molecule has 1 saturated heterocycles. The maximum Gasteiger partial charge on any atom is 0.137 e. The summed E-state index contributed by atoms with van der Waals surface area (Å²) in [5, 5.41) is 0.778. The van der Waals surface area contributed by atoms with E-state index in [-0.39, 0.29) is 43.3 Å². The molecule has 1 fully saturated rings. The summed E-state index contributed by atoms with van der Waals surface area (Å²) in [6.45, 7) is 8.47. The number of nitrogens with zero attached hydrogens (tertiary/aromatic N) is 3. The smallest absolute Gasteiger partial charge is 0.137 e. The molecule has 1 aromatic heterocycles. The van der Waals surface area contributed by atoms with E-state index in [1.807, 2.05) is 18.2 Å². The van der Waals surface area contributed by atoms with Gasteiger partial charge < -0.3 is 4.98 Å². The van der Waals surface area contributed by atoms with Crippen molar-refractivity contribution in [3.05, 3.63) is 112 Å². The maximum absolute atomic E-state index is 6.20. The van der Waals surface area contributed by atoms with Crippen LogP contribution in [0.5, 0.6) is 0 Å². The number of imidazole rings is 1. The second-order valence-electron chi connectivity index (χ2n) is 9.32. The molecule has 0 radical (unpaired) electrons. The number of benzene rings is 3. The summed E-state index contributed by atoms with van der Waals surface area (Å²) in [4.78, 5) is 13.8. The van der Waals surface area contributed by atoms with Crippen molar-refractivity contribution in [1.29, 1.82) is 0 Å². The number of aryl methyl sites for hydroxylation is 1. The van der Waals surface area contributed by atoms with E-state index in [0.717, 1.165) is 49.0 Å². The van der Waals surface area contributed by atoms with Crippen molar-refractivity contribution >= 4 is 48.8 Å². The molecular formula is C30H36Cl4N4. The Morgan fingerprint density at radius 2 is 1.29 bits per heavy atom. The van der Waals surface area contributed by atoms with Crippen LogP contribution in [-0.2, 0) is 0 Å². The largest absolute Gasteiger partial charge is 0.342 e. The summed E-state index contributed by atoms with van der Waals surface area (Å²) in [6, 6.07) is 30.1. The SMILES string of the molecule is CCC(c1nc(-c2ccccc2)[nH]c1C)N1CCN(C(c2ccccc2)c2ccc(Cl)cc2)CC1.Cl.Cl.Cl. The lowest BCUT2D eigenvalue weighted by Gasteiger charge is -2.42. The van der Waals surface area contributed by atoms with E-state index in [1.54, 1.807) is 0 Å². The number of piperazine rings is 1. The van der Waals surface area contributed by atoms with Crippen LogP contribution in [0.4, 0.5) is 0 Å². The van der Waals surface area contributed by atoms with E-state index >= 15 is 0 Å². The Morgan fingerprint density at radius 3 is 1.87 bits per heavy atom. The van der Waals surface area contributed by atoms with Crippen molar-refractivity contribution in [3.63, 3.8) is 0 Å². The standard InChI is InChI=1S/C30H33ClN4.3ClH/c1-3-27(28-22(2)32-30(33-28)25-12-8-5-9-13-25)34-18-20-35(21-19-34)29(23-10-6-4-7-11-23)24-14-16-26(31)17-15-24;;;/h4-17,27,29H,3,18-21H2,1-2H3,(H,32,33);3*1H. The topological polar surface area (TPSA) is 35.2 Å². The Morgan fingerprint density at radius 1 is 0.763 bits per heavy atom. The average molecular weight is 594 g/mol. The first-order valence-corrected chi connectivity index (χ1v) is 12.9. The van der Waals surface area contributed by atoms with Crippen molar-refractivity contribution < 1.29 is 0 Å². The van der Waals surface area contributed by atoms with Gasteiger partial charge in [0, 0.05) is 42.5 Å². The Balaban J connectivity index is 0.00000169. The number of aromatic amines is 1. The molecule has 5 rings (SSSR count). The summed E-state index contributed by atoms with van der Waals surface area (Å²) in [5.41, 5.74) is 6.09. The molecule has 38 heavy (non-hydrogen) atoms. The van der Waals surface area contributed by atoms with Crippen LogP contribution < -0.4 is 0 Å². The van der Waals surface area contributed by atoms with E-state index < -0.39 is 0 Å². The van der Waals surface area contributed by atoms with Gasteiger partial charge in [0.2, 0.25) is 0 Å². The molecule has 2 unspecified atom stereocenters. The molecule has 4 nitrogen and oxygen atoms in total. The third kappa shape index (κ3) is 7.12. The van der Waals surface area contributed by atoms with Crippen LogP contribution in [0.2, 0.25) is 5.02 Å². The zero-order chi connectivity index (χ0) is 24.2. The van der Waals surface area contributed by atoms with Crippen molar-refractivity contribution in [1.82, 2.24) is 19.8 Å². The van der Waals surface area contributed by atoms with Gasteiger partial charge in [-0.3, -0.25) is 9.80 Å². The van der Waals surface area contributed by atoms with Crippen molar-refractivity contribution in [2.24, 2.45) is 0 Å². The van der Waals surface area contributed by atoms with Crippen LogP contribution in [0.1, 0.15) is 47.9 Å². The first-order valence-electron chi connectivity index (χ1n) is 12.5. The van der Waals surface area contributed by atoms with E-state index in [4.69, 9.17) is 16.6 Å². The van der Waals surface area contributed by atoms with Gasteiger partial charge in [0.1, 0.15) is 5.82 Å². The molecule has 2 atom stereocenters. The molecule has 0 aliphatic carbocycles. The lowest BCUT2D eigenvalue weighted by atomic mass is 9.96. The van der Waals surface area contributed by atoms with Gasteiger partial charge in [-0.05, 0) is 36.6 Å². The third-order valence-electron chi connectivity index (χ3n) is 7.13. The molecule has 4 aromatic rings. The number of H-pyrrole nitrogens is 1. The summed E-state index contributed by atoms with van der Waals surface area (Å²) in [6.07, 6.45) is 1.04. The fourth-order valence-corrected chi connectivity index (χ4v) is 5.48. The van der Waals surface area contributed by atoms with Crippen LogP contribution in [-0.4, -0.2) is 45.9 Å². The normalized spacial score (nSPS) is 15.4. The van der Waals surface area contributed by atoms with Gasteiger partial charge in [0.05, 0.1) is 17.8 Å². The minimum Gasteiger partial charge on any atom is -0.342 e. The molecule has 1 N–H and O–H groups in total. The number of rotatable bonds is 7. The number of nitrogens with one attached hydrogen (secondary N) is 1. The summed E-state index contributed by atoms with van der Waals surface area (Å²) >= 11 is 6.20. The van der Waals surface area contributed by atoms with Crippen LogP contribution in [0.15, 0.2) is 84.9 Å². The highest BCUT2D eigenvalue weighted by molar-refractivity contribution is 6.30. The predicted molar refractivity (Wildman–Crippen MR) is 166 cm³/mol. The molecule has 1 aliphatic heterocycles. The molecule has 0 amide bonds. The third-order valence-corrected chi connectivity index (χ3v) is 7.38. The fraction of sp³-hybridized carbons (Fsp3) is 0.300. The minimum atomic E-state index is 0. The molecular weight excluding hydrogens is 558 g/mol. The first-order chi connectivity index (χ1) is 17.1. The second-order valence-corrected chi connectivity index (χ2v) is 9.76. The van der Waals surface area contributed by atoms with Gasteiger partial charge in [-0.25, -0.2) is 4.98 Å². The Bertz CT molecular complexity index is 1220. The first kappa shape index (κ1) is 32.2. The van der Waals surface area contributed by atoms with Gasteiger partial charge in [-0.1, -0.05) is 91.3 Å². The van der Waals surface area contributed by atoms with Crippen LogP contribution in [0.25, 0.3) is 11.4 Å². The monoisotopic (exact) mass is 592 g/mol. The Hall–Kier alpha value is -2.05. The summed E-state index contributed by atoms with van der Waals surface area (Å²) in [7, 11) is 0. The van der Waals surface area contributed by atoms with Gasteiger partial charge >= 0.3 is 0 Å². The van der Waals surface area contributed by atoms with E-state index in [1.165, 1.54) is 22.5 Å². The molecule has 1 aliphatic rings. The van der Waals surface area contributed by atoms with Crippen LogP contribution in [0, 0.1) is 6.92 Å². The molecule has 3 aromatic carbocycles. The van der Waals surface area contributed by atoms with Crippen molar-refractivity contribution in [2.75, 3.05) is 26.2 Å². The predicted octanol–water partition coefficient (Wildman–Crippen LogP) is 8.16. The number of hydrogen-bond acceptors (Lipinski definition) is 3. The van der Waals surface area contributed by atoms with Gasteiger partial charge in [-0.2, -0.15) is 0 Å². The maximum atomic E-state index is 6.20. The second kappa shape index (κ2) is 14.9. The summed E-state index contributed by atoms with van der Waals surface area (Å²) in [5.74, 6) is 0.960. The molecule has 0 saturated carbocycles. The molecule has 204 valence electrons. The molecule has 2 heterocycles. The van der Waals surface area contributed by atoms with E-state index in [2.05, 4.69) is 95.4 Å². The van der Waals surface area contributed by atoms with E-state index in [9.17, 15) is 0 Å². The highest BCUT2D eigenvalue weighted by atomic mass is 35.5. The van der Waals surface area contributed by atoms with Crippen LogP contribution >= 0.6 is 48.8 Å². The Labute approximate surface area is 250 Å². The summed E-state index contributed by atoms with van der Waals surface area (Å²) < 4.78 is 0. The van der Waals surface area contributed by atoms with Gasteiger partial charge in [0.25, 0.3) is 0 Å². The molecule has 0 spiro atoms. The van der Waals surface area contributed by atoms with Gasteiger partial charge in [0.15, 0.2) is 0 Å². The van der Waals surface area contributed by atoms with Crippen molar-refractivity contribution in [2.45, 2.75) is 32.4 Å². The molecule has 0 bridgehead atoms. The van der Waals surface area contributed by atoms with Gasteiger partial charge in [-0.15, -0.1) is 37.2 Å². The lowest BCUT2D eigenvalue weighted by molar-refractivity contribution is 0.0753. The zero-order valence-electron chi connectivity index (χ0n) is 21.7. The van der Waals surface area contributed by atoms with Crippen LogP contribution in [0.3, 0.4) is 0 Å². The average Bonchev–Trinajstić information content (AvgIpc) is 3.29. The minimum absolute atomic E-state index is 0. The fourth-order valence-electron chi connectivity index (χ4n) is 5.36. The Kier molecular flexibility index (Phi) is 12.6. The lowest BCUT2D eigenvalue weighted by Crippen LogP contribution is -2.49. The highest BCUT2D eigenvalue weighted by Crippen LogP contribution is 2.33. The highest BCUT2D eigenvalue weighted by Gasteiger charge is 2.31. The molecule has 8 heteroatoms. The number of aromatic nitrogens is 2. The van der Waals surface area contributed by atoms with E-state index in [0.29, 0.717) is 6.04 Å². The number of hydrogen-bond donors (Lipinski definition) is 1. The van der Waals surface area contributed by atoms with Crippen molar-refractivity contribution in [3.8, 4) is 11.4 Å². The number of halogens is 4.